The van der Waals surface area contributed by atoms with E-state index in [1.807, 2.05) is 0 Å². The molecule has 2 heteroatoms. The fraction of sp³-hybridized carbons (Fsp3) is 0.917. The molecule has 0 atom stereocenters. The molecule has 0 fully saturated rings. The van der Waals surface area contributed by atoms with Gasteiger partial charge in [-0.2, -0.15) is 5.26 Å². The maximum atomic E-state index is 8.55. The third-order valence-corrected chi connectivity index (χ3v) is 2.19. The first-order valence-electron chi connectivity index (χ1n) is 5.65. The van der Waals surface area contributed by atoms with Crippen LogP contribution in [-0.2, 0) is 0 Å². The molecular weight excluding hydrogens is 172 g/mol. The highest BCUT2D eigenvalue weighted by Crippen LogP contribution is 2.05. The molecule has 0 N–H and O–H groups in total. The summed E-state index contributed by atoms with van der Waals surface area (Å²) in [5, 5.41) is 8.55. The number of hydrogen-bond acceptors (Lipinski definition) is 2. The van der Waals surface area contributed by atoms with Gasteiger partial charge in [-0.3, -0.25) is 0 Å². The van der Waals surface area contributed by atoms with E-state index in [9.17, 15) is 0 Å². The van der Waals surface area contributed by atoms with Crippen LogP contribution in [-0.4, -0.2) is 24.5 Å². The second-order valence-corrected chi connectivity index (χ2v) is 4.79. The average molecular weight is 196 g/mol. The van der Waals surface area contributed by atoms with Crippen molar-refractivity contribution in [1.29, 1.82) is 5.26 Å². The number of hydrogen-bond donors (Lipinski definition) is 0. The molecule has 0 aliphatic heterocycles. The van der Waals surface area contributed by atoms with Gasteiger partial charge in [-0.15, -0.1) is 0 Å². The predicted molar refractivity (Wildman–Crippen MR) is 61.0 cm³/mol. The molecule has 0 aliphatic rings. The zero-order valence-corrected chi connectivity index (χ0v) is 10.1. The van der Waals surface area contributed by atoms with Crippen molar-refractivity contribution >= 4 is 0 Å². The SMILES string of the molecule is CC(C)CCN(CCC#N)CC(C)C. The van der Waals surface area contributed by atoms with E-state index in [-0.39, 0.29) is 0 Å². The van der Waals surface area contributed by atoms with Crippen molar-refractivity contribution in [3.63, 3.8) is 0 Å². The third-order valence-electron chi connectivity index (χ3n) is 2.19. The lowest BCUT2D eigenvalue weighted by Crippen LogP contribution is -2.30. The topological polar surface area (TPSA) is 27.0 Å². The zero-order chi connectivity index (χ0) is 11.0. The van der Waals surface area contributed by atoms with Crippen LogP contribution < -0.4 is 0 Å². The normalized spacial score (nSPS) is 11.3. The molecule has 0 amide bonds. The van der Waals surface area contributed by atoms with Crippen molar-refractivity contribution in [2.45, 2.75) is 40.5 Å². The maximum absolute atomic E-state index is 8.55. The van der Waals surface area contributed by atoms with E-state index in [1.54, 1.807) is 0 Å². The second-order valence-electron chi connectivity index (χ2n) is 4.79. The fourth-order valence-electron chi connectivity index (χ4n) is 1.46. The van der Waals surface area contributed by atoms with Crippen LogP contribution in [0.5, 0.6) is 0 Å². The van der Waals surface area contributed by atoms with E-state index in [4.69, 9.17) is 5.26 Å². The molecule has 0 aromatic rings. The Morgan fingerprint density at radius 2 is 1.71 bits per heavy atom. The smallest absolute Gasteiger partial charge is 0.0635 e. The average Bonchev–Trinajstić information content (AvgIpc) is 2.09. The molecule has 0 aromatic carbocycles. The summed E-state index contributed by atoms with van der Waals surface area (Å²) in [6, 6.07) is 2.22. The fourth-order valence-corrected chi connectivity index (χ4v) is 1.46. The summed E-state index contributed by atoms with van der Waals surface area (Å²) in [6.07, 6.45) is 1.89. The summed E-state index contributed by atoms with van der Waals surface area (Å²) in [7, 11) is 0. The van der Waals surface area contributed by atoms with E-state index in [0.717, 1.165) is 25.6 Å². The van der Waals surface area contributed by atoms with Crippen LogP contribution in [0.15, 0.2) is 0 Å². The minimum atomic E-state index is 0.658. The molecule has 82 valence electrons. The van der Waals surface area contributed by atoms with Gasteiger partial charge in [0.05, 0.1) is 6.07 Å². The molecule has 0 aromatic heterocycles. The Balaban J connectivity index is 3.79. The standard InChI is InChI=1S/C12H24N2/c1-11(2)6-9-14(8-5-7-13)10-12(3)4/h11-12H,5-6,8-10H2,1-4H3. The molecule has 0 unspecified atom stereocenters. The summed E-state index contributed by atoms with van der Waals surface area (Å²) in [4.78, 5) is 2.41. The Bertz CT molecular complexity index is 168. The summed E-state index contributed by atoms with van der Waals surface area (Å²) in [6.45, 7) is 12.1. The molecule has 0 saturated heterocycles. The largest absolute Gasteiger partial charge is 0.302 e. The van der Waals surface area contributed by atoms with Gasteiger partial charge in [-0.25, -0.2) is 0 Å². The predicted octanol–water partition coefficient (Wildman–Crippen LogP) is 2.90. The van der Waals surface area contributed by atoms with Gasteiger partial charge >= 0.3 is 0 Å². The van der Waals surface area contributed by atoms with E-state index in [2.05, 4.69) is 38.7 Å². The van der Waals surface area contributed by atoms with Crippen molar-refractivity contribution in [3.05, 3.63) is 0 Å². The molecule has 0 saturated carbocycles. The minimum Gasteiger partial charge on any atom is -0.302 e. The number of nitriles is 1. The van der Waals surface area contributed by atoms with Crippen molar-refractivity contribution in [2.24, 2.45) is 11.8 Å². The Morgan fingerprint density at radius 3 is 2.14 bits per heavy atom. The van der Waals surface area contributed by atoms with Gasteiger partial charge in [0.1, 0.15) is 0 Å². The van der Waals surface area contributed by atoms with Gasteiger partial charge in [0.2, 0.25) is 0 Å². The van der Waals surface area contributed by atoms with Crippen LogP contribution in [0.4, 0.5) is 0 Å². The molecule has 14 heavy (non-hydrogen) atoms. The Hall–Kier alpha value is -0.550. The zero-order valence-electron chi connectivity index (χ0n) is 10.1. The van der Waals surface area contributed by atoms with E-state index >= 15 is 0 Å². The van der Waals surface area contributed by atoms with Crippen LogP contribution >= 0.6 is 0 Å². The van der Waals surface area contributed by atoms with Crippen molar-refractivity contribution < 1.29 is 0 Å². The Kier molecular flexibility index (Phi) is 7.51. The monoisotopic (exact) mass is 196 g/mol. The molecule has 0 heterocycles. The molecule has 0 radical (unpaired) electrons. The first kappa shape index (κ1) is 13.4. The Morgan fingerprint density at radius 1 is 1.07 bits per heavy atom. The summed E-state index contributed by atoms with van der Waals surface area (Å²) in [5.41, 5.74) is 0. The summed E-state index contributed by atoms with van der Waals surface area (Å²) < 4.78 is 0. The van der Waals surface area contributed by atoms with Crippen molar-refractivity contribution in [3.8, 4) is 6.07 Å². The van der Waals surface area contributed by atoms with Gasteiger partial charge < -0.3 is 4.90 Å². The van der Waals surface area contributed by atoms with E-state index < -0.39 is 0 Å². The highest BCUT2D eigenvalue weighted by molar-refractivity contribution is 4.73. The quantitative estimate of drug-likeness (QED) is 0.626. The van der Waals surface area contributed by atoms with E-state index in [1.165, 1.54) is 6.42 Å². The summed E-state index contributed by atoms with van der Waals surface area (Å²) in [5.74, 6) is 1.45. The third kappa shape index (κ3) is 8.07. The lowest BCUT2D eigenvalue weighted by atomic mass is 10.1. The highest BCUT2D eigenvalue weighted by Gasteiger charge is 2.07. The number of nitrogens with zero attached hydrogens (tertiary/aromatic N) is 2. The molecule has 0 aliphatic carbocycles. The maximum Gasteiger partial charge on any atom is 0.0635 e. The Labute approximate surface area is 88.9 Å². The van der Waals surface area contributed by atoms with Crippen LogP contribution in [0.3, 0.4) is 0 Å². The second kappa shape index (κ2) is 7.82. The summed E-state index contributed by atoms with van der Waals surface area (Å²) >= 11 is 0. The highest BCUT2D eigenvalue weighted by atomic mass is 15.1. The minimum absolute atomic E-state index is 0.658. The molecule has 0 bridgehead atoms. The number of rotatable bonds is 7. The molecule has 2 nitrogen and oxygen atoms in total. The first-order valence-corrected chi connectivity index (χ1v) is 5.65. The van der Waals surface area contributed by atoms with Gasteiger partial charge in [0.15, 0.2) is 0 Å². The first-order chi connectivity index (χ1) is 6.56. The molecule has 0 spiro atoms. The lowest BCUT2D eigenvalue weighted by Gasteiger charge is -2.23. The van der Waals surface area contributed by atoms with Crippen LogP contribution in [0.2, 0.25) is 0 Å². The van der Waals surface area contributed by atoms with Gasteiger partial charge in [0.25, 0.3) is 0 Å². The van der Waals surface area contributed by atoms with Gasteiger partial charge in [-0.05, 0) is 24.8 Å². The van der Waals surface area contributed by atoms with Crippen LogP contribution in [0.1, 0.15) is 40.5 Å². The van der Waals surface area contributed by atoms with Crippen LogP contribution in [0.25, 0.3) is 0 Å². The molecule has 0 rings (SSSR count). The van der Waals surface area contributed by atoms with Gasteiger partial charge in [0, 0.05) is 19.5 Å². The van der Waals surface area contributed by atoms with Crippen LogP contribution in [0, 0.1) is 23.2 Å². The van der Waals surface area contributed by atoms with Gasteiger partial charge in [-0.1, -0.05) is 27.7 Å². The van der Waals surface area contributed by atoms with Crippen molar-refractivity contribution in [2.75, 3.05) is 19.6 Å². The van der Waals surface area contributed by atoms with E-state index in [0.29, 0.717) is 12.3 Å². The van der Waals surface area contributed by atoms with Crippen molar-refractivity contribution in [1.82, 2.24) is 4.90 Å². The molecular formula is C12H24N2. The lowest BCUT2D eigenvalue weighted by molar-refractivity contribution is 0.236.